The number of aryl methyl sites for hydroxylation is 2. The van der Waals surface area contributed by atoms with Crippen molar-refractivity contribution in [1.29, 1.82) is 0 Å². The number of amides is 1. The van der Waals surface area contributed by atoms with Crippen LogP contribution in [0.2, 0.25) is 0 Å². The molecule has 0 saturated carbocycles. The Kier molecular flexibility index (Phi) is 6.87. The van der Waals surface area contributed by atoms with Gasteiger partial charge in [-0.1, -0.05) is 45.9 Å². The monoisotopic (exact) mass is 433 g/mol. The number of fused-ring (bicyclic) bond motifs is 1. The van der Waals surface area contributed by atoms with E-state index < -0.39 is 0 Å². The van der Waals surface area contributed by atoms with Gasteiger partial charge in [0.05, 0.1) is 22.6 Å². The number of carbonyl (C=O) groups is 1. The highest BCUT2D eigenvalue weighted by Crippen LogP contribution is 2.27. The van der Waals surface area contributed by atoms with Crippen LogP contribution in [0.1, 0.15) is 70.5 Å². The van der Waals surface area contributed by atoms with Gasteiger partial charge in [0.15, 0.2) is 0 Å². The van der Waals surface area contributed by atoms with Crippen LogP contribution in [0.25, 0.3) is 16.6 Å². The lowest BCUT2D eigenvalue weighted by Crippen LogP contribution is -2.39. The summed E-state index contributed by atoms with van der Waals surface area (Å²) in [6.07, 6.45) is 1.28. The Bertz CT molecular complexity index is 1190. The Morgan fingerprint density at radius 2 is 1.78 bits per heavy atom. The van der Waals surface area contributed by atoms with E-state index in [2.05, 4.69) is 34.6 Å². The van der Waals surface area contributed by atoms with Gasteiger partial charge in [-0.15, -0.1) is 0 Å². The van der Waals surface area contributed by atoms with Crippen molar-refractivity contribution in [1.82, 2.24) is 14.5 Å². The Morgan fingerprint density at radius 1 is 1.09 bits per heavy atom. The van der Waals surface area contributed by atoms with Crippen molar-refractivity contribution in [2.24, 2.45) is 5.41 Å². The first-order chi connectivity index (χ1) is 15.0. The quantitative estimate of drug-likeness (QED) is 0.498. The maximum atomic E-state index is 13.6. The Morgan fingerprint density at radius 3 is 2.41 bits per heavy atom. The van der Waals surface area contributed by atoms with Crippen molar-refractivity contribution in [3.05, 3.63) is 69.8 Å². The summed E-state index contributed by atoms with van der Waals surface area (Å²) in [5.41, 5.74) is 3.47. The second-order valence-corrected chi connectivity index (χ2v) is 9.90. The molecule has 0 radical (unpaired) electrons. The van der Waals surface area contributed by atoms with Crippen molar-refractivity contribution < 1.29 is 4.79 Å². The van der Waals surface area contributed by atoms with E-state index in [0.717, 1.165) is 23.2 Å². The van der Waals surface area contributed by atoms with Crippen molar-refractivity contribution in [3.63, 3.8) is 0 Å². The van der Waals surface area contributed by atoms with E-state index >= 15 is 0 Å². The van der Waals surface area contributed by atoms with Crippen molar-refractivity contribution in [2.75, 3.05) is 6.54 Å². The lowest BCUT2D eigenvalue weighted by atomic mass is 9.91. The summed E-state index contributed by atoms with van der Waals surface area (Å²) < 4.78 is 1.69. The minimum atomic E-state index is -0.344. The Balaban J connectivity index is 2.24. The number of para-hydroxylation sites is 1. The van der Waals surface area contributed by atoms with E-state index in [0.29, 0.717) is 29.7 Å². The van der Waals surface area contributed by atoms with Crippen LogP contribution in [0.3, 0.4) is 0 Å². The molecule has 0 bridgehead atoms. The second-order valence-electron chi connectivity index (χ2n) is 9.90. The number of hydrogen-bond donors (Lipinski definition) is 0. The van der Waals surface area contributed by atoms with Gasteiger partial charge in [-0.3, -0.25) is 14.2 Å². The summed E-state index contributed by atoms with van der Waals surface area (Å²) in [5, 5.41) is 0.574. The molecule has 1 heterocycles. The largest absolute Gasteiger partial charge is 0.333 e. The van der Waals surface area contributed by atoms with E-state index in [1.807, 2.05) is 61.2 Å². The molecule has 3 rings (SSSR count). The maximum Gasteiger partial charge on any atom is 0.266 e. The number of nitrogens with zero attached hydrogens (tertiary/aromatic N) is 3. The fraction of sp³-hybridized carbons (Fsp3) is 0.444. The molecule has 2 aromatic carbocycles. The molecule has 1 amide bonds. The molecule has 5 nitrogen and oxygen atoms in total. The molecular weight excluding hydrogens is 398 g/mol. The third-order valence-corrected chi connectivity index (χ3v) is 5.86. The van der Waals surface area contributed by atoms with Gasteiger partial charge >= 0.3 is 0 Å². The van der Waals surface area contributed by atoms with E-state index in [-0.39, 0.29) is 22.9 Å². The van der Waals surface area contributed by atoms with Gasteiger partial charge in [0, 0.05) is 13.0 Å². The molecule has 32 heavy (non-hydrogen) atoms. The molecule has 5 heteroatoms. The molecular formula is C27H35N3O2. The van der Waals surface area contributed by atoms with E-state index in [1.165, 1.54) is 0 Å². The first kappa shape index (κ1) is 23.7. The molecule has 0 aliphatic carbocycles. The highest BCUT2D eigenvalue weighted by molar-refractivity contribution is 5.79. The van der Waals surface area contributed by atoms with Crippen LogP contribution in [-0.2, 0) is 4.79 Å². The van der Waals surface area contributed by atoms with Crippen LogP contribution in [0.5, 0.6) is 0 Å². The Hall–Kier alpha value is -2.95. The molecule has 0 saturated heterocycles. The Labute approximate surface area is 191 Å². The topological polar surface area (TPSA) is 55.2 Å². The smallest absolute Gasteiger partial charge is 0.266 e. The molecule has 1 atom stereocenters. The number of aromatic nitrogens is 2. The zero-order chi connectivity index (χ0) is 23.6. The van der Waals surface area contributed by atoms with Gasteiger partial charge < -0.3 is 4.90 Å². The van der Waals surface area contributed by atoms with Gasteiger partial charge in [-0.25, -0.2) is 4.98 Å². The molecule has 0 fully saturated rings. The summed E-state index contributed by atoms with van der Waals surface area (Å²) >= 11 is 0. The van der Waals surface area contributed by atoms with Gasteiger partial charge in [0.1, 0.15) is 5.82 Å². The first-order valence-electron chi connectivity index (χ1n) is 11.4. The highest BCUT2D eigenvalue weighted by Gasteiger charge is 2.28. The number of hydrogen-bond acceptors (Lipinski definition) is 3. The molecule has 0 aliphatic heterocycles. The second kappa shape index (κ2) is 9.27. The van der Waals surface area contributed by atoms with Crippen LogP contribution in [0.15, 0.2) is 47.3 Å². The zero-order valence-electron chi connectivity index (χ0n) is 20.4. The molecule has 0 N–H and O–H groups in total. The van der Waals surface area contributed by atoms with Gasteiger partial charge in [0.25, 0.3) is 5.56 Å². The molecule has 1 unspecified atom stereocenters. The van der Waals surface area contributed by atoms with E-state index in [1.54, 1.807) is 4.57 Å². The fourth-order valence-corrected chi connectivity index (χ4v) is 4.01. The standard InChI is InChI=1S/C27H35N3O2/c1-8-15-29(24(31)17-27(5,6)7)20(4)25-28-23-12-10-9-11-22(23)26(32)30(25)21-14-13-18(2)19(3)16-21/h9-14,16,20H,8,15,17H2,1-7H3. The first-order valence-corrected chi connectivity index (χ1v) is 11.4. The summed E-state index contributed by atoms with van der Waals surface area (Å²) in [4.78, 5) is 33.7. The highest BCUT2D eigenvalue weighted by atomic mass is 16.2. The van der Waals surface area contributed by atoms with Crippen LogP contribution >= 0.6 is 0 Å². The summed E-state index contributed by atoms with van der Waals surface area (Å²) in [7, 11) is 0. The third kappa shape index (κ3) is 4.93. The SMILES string of the molecule is CCCN(C(=O)CC(C)(C)C)C(C)c1nc2ccccc2c(=O)n1-c1ccc(C)c(C)c1. The summed E-state index contributed by atoms with van der Waals surface area (Å²) in [5.74, 6) is 0.675. The number of rotatable bonds is 6. The van der Waals surface area contributed by atoms with Crippen LogP contribution in [-0.4, -0.2) is 26.9 Å². The van der Waals surface area contributed by atoms with Crippen molar-refractivity contribution in [3.8, 4) is 5.69 Å². The van der Waals surface area contributed by atoms with Crippen LogP contribution in [0, 0.1) is 19.3 Å². The van der Waals surface area contributed by atoms with Crippen LogP contribution in [0.4, 0.5) is 0 Å². The predicted molar refractivity (Wildman–Crippen MR) is 131 cm³/mol. The zero-order valence-corrected chi connectivity index (χ0v) is 20.4. The molecule has 0 aliphatic rings. The molecule has 170 valence electrons. The third-order valence-electron chi connectivity index (χ3n) is 5.86. The predicted octanol–water partition coefficient (Wildman–Crippen LogP) is 5.74. The van der Waals surface area contributed by atoms with Gasteiger partial charge in [-0.2, -0.15) is 0 Å². The minimum Gasteiger partial charge on any atom is -0.333 e. The maximum absolute atomic E-state index is 13.6. The average Bonchev–Trinajstić information content (AvgIpc) is 2.72. The average molecular weight is 434 g/mol. The summed E-state index contributed by atoms with van der Waals surface area (Å²) in [6, 6.07) is 13.1. The summed E-state index contributed by atoms with van der Waals surface area (Å²) in [6.45, 7) is 15.0. The lowest BCUT2D eigenvalue weighted by Gasteiger charge is -2.32. The van der Waals surface area contributed by atoms with Gasteiger partial charge in [0.2, 0.25) is 5.91 Å². The molecule has 1 aromatic heterocycles. The molecule has 3 aromatic rings. The van der Waals surface area contributed by atoms with E-state index in [4.69, 9.17) is 4.98 Å². The normalized spacial score (nSPS) is 12.7. The van der Waals surface area contributed by atoms with E-state index in [9.17, 15) is 9.59 Å². The van der Waals surface area contributed by atoms with Crippen LogP contribution < -0.4 is 5.56 Å². The number of carbonyl (C=O) groups excluding carboxylic acids is 1. The molecule has 0 spiro atoms. The van der Waals surface area contributed by atoms with Crippen molar-refractivity contribution >= 4 is 16.8 Å². The fourth-order valence-electron chi connectivity index (χ4n) is 4.01. The van der Waals surface area contributed by atoms with Crippen molar-refractivity contribution in [2.45, 2.75) is 67.3 Å². The lowest BCUT2D eigenvalue weighted by molar-refractivity contribution is -0.135. The van der Waals surface area contributed by atoms with Gasteiger partial charge in [-0.05, 0) is 68.0 Å². The minimum absolute atomic E-state index is 0.0842. The number of benzene rings is 2.